The smallest absolute Gasteiger partial charge is 0.204 e. The first-order valence-electron chi connectivity index (χ1n) is 10.1. The number of halogens is 1. The lowest BCUT2D eigenvalue weighted by molar-refractivity contribution is -0.0254. The maximum Gasteiger partial charge on any atom is 0.204 e. The van der Waals surface area contributed by atoms with Gasteiger partial charge in [-0.25, -0.2) is 13.4 Å². The Morgan fingerprint density at radius 2 is 2.07 bits per heavy atom. The Kier molecular flexibility index (Phi) is 4.64. The van der Waals surface area contributed by atoms with Gasteiger partial charge in [0.05, 0.1) is 22.2 Å². The Bertz CT molecular complexity index is 1090. The Morgan fingerprint density at radius 3 is 2.72 bits per heavy atom. The van der Waals surface area contributed by atoms with Crippen molar-refractivity contribution in [2.45, 2.75) is 44.2 Å². The molecule has 5 rings (SSSR count). The molecular formula is C20H23BrN4O3S. The van der Waals surface area contributed by atoms with Crippen molar-refractivity contribution >= 4 is 42.6 Å². The van der Waals surface area contributed by atoms with Crippen LogP contribution in [-0.2, 0) is 9.84 Å². The van der Waals surface area contributed by atoms with Crippen molar-refractivity contribution in [1.29, 1.82) is 5.26 Å². The number of anilines is 1. The zero-order valence-corrected chi connectivity index (χ0v) is 18.4. The lowest BCUT2D eigenvalue weighted by atomic mass is 9.76. The van der Waals surface area contributed by atoms with Gasteiger partial charge in [-0.15, -0.1) is 0 Å². The summed E-state index contributed by atoms with van der Waals surface area (Å²) in [5.74, 6) is 1.82. The van der Waals surface area contributed by atoms with Gasteiger partial charge in [-0.1, -0.05) is 0 Å². The van der Waals surface area contributed by atoms with E-state index in [1.54, 1.807) is 12.3 Å². The van der Waals surface area contributed by atoms with Gasteiger partial charge in [-0.3, -0.25) is 4.90 Å². The van der Waals surface area contributed by atoms with Crippen molar-refractivity contribution in [3.8, 4) is 6.07 Å². The summed E-state index contributed by atoms with van der Waals surface area (Å²) in [6.45, 7) is 1.89. The average molecular weight is 479 g/mol. The SMILES string of the molecule is N#Cc1cc2c(Br)c(NC3CCC(N4CC5(CCS(=O)(=O)C5)C4)CC3)ncc2o1. The van der Waals surface area contributed by atoms with Gasteiger partial charge in [-0.2, -0.15) is 5.26 Å². The number of furan rings is 1. The van der Waals surface area contributed by atoms with Crippen LogP contribution in [0.3, 0.4) is 0 Å². The summed E-state index contributed by atoms with van der Waals surface area (Å²) in [6.07, 6.45) is 6.85. The van der Waals surface area contributed by atoms with Crippen LogP contribution >= 0.6 is 15.9 Å². The maximum absolute atomic E-state index is 11.8. The second-order valence-corrected chi connectivity index (χ2v) is 11.8. The van der Waals surface area contributed by atoms with Gasteiger partial charge < -0.3 is 9.73 Å². The van der Waals surface area contributed by atoms with E-state index in [1.807, 2.05) is 6.07 Å². The molecule has 1 spiro atoms. The van der Waals surface area contributed by atoms with Gasteiger partial charge in [0.25, 0.3) is 0 Å². The van der Waals surface area contributed by atoms with E-state index < -0.39 is 9.84 Å². The van der Waals surface area contributed by atoms with E-state index in [2.05, 4.69) is 31.1 Å². The van der Waals surface area contributed by atoms with Crippen LogP contribution in [0.1, 0.15) is 37.9 Å². The molecule has 9 heteroatoms. The fraction of sp³-hybridized carbons (Fsp3) is 0.600. The van der Waals surface area contributed by atoms with Gasteiger partial charge in [0.1, 0.15) is 11.9 Å². The zero-order valence-electron chi connectivity index (χ0n) is 16.0. The highest BCUT2D eigenvalue weighted by molar-refractivity contribution is 9.10. The van der Waals surface area contributed by atoms with E-state index in [0.717, 1.165) is 60.9 Å². The normalized spacial score (nSPS) is 28.3. The Morgan fingerprint density at radius 1 is 1.31 bits per heavy atom. The Hall–Kier alpha value is -1.63. The molecule has 3 fully saturated rings. The standard InChI is InChI=1S/C20H23BrN4O3S/c21-18-16-7-15(8-22)28-17(16)9-23-19(18)24-13-1-3-14(4-2-13)25-10-20(11-25)5-6-29(26,27)12-20/h7,9,13-14H,1-6,10-12H2,(H,23,24). The Balaban J connectivity index is 1.18. The number of hydrogen-bond donors (Lipinski definition) is 1. The molecule has 1 aliphatic carbocycles. The molecule has 0 radical (unpaired) electrons. The first kappa shape index (κ1) is 19.3. The minimum Gasteiger partial charge on any atom is -0.444 e. The molecule has 0 aromatic carbocycles. The molecule has 29 heavy (non-hydrogen) atoms. The molecular weight excluding hydrogens is 456 g/mol. The molecule has 2 aromatic rings. The van der Waals surface area contributed by atoms with Crippen molar-refractivity contribution in [1.82, 2.24) is 9.88 Å². The highest BCUT2D eigenvalue weighted by Gasteiger charge is 2.52. The van der Waals surface area contributed by atoms with Crippen LogP contribution in [0.25, 0.3) is 11.0 Å². The van der Waals surface area contributed by atoms with E-state index >= 15 is 0 Å². The van der Waals surface area contributed by atoms with Crippen LogP contribution in [0.4, 0.5) is 5.82 Å². The first-order chi connectivity index (χ1) is 13.9. The third-order valence-corrected chi connectivity index (χ3v) is 9.41. The molecule has 2 saturated heterocycles. The number of sulfone groups is 1. The molecule has 0 amide bonds. The molecule has 4 heterocycles. The number of hydrogen-bond acceptors (Lipinski definition) is 7. The monoisotopic (exact) mass is 478 g/mol. The van der Waals surface area contributed by atoms with Gasteiger partial charge >= 0.3 is 0 Å². The molecule has 1 saturated carbocycles. The minimum absolute atomic E-state index is 0.0466. The highest BCUT2D eigenvalue weighted by Crippen LogP contribution is 2.43. The largest absolute Gasteiger partial charge is 0.444 e. The number of fused-ring (bicyclic) bond motifs is 1. The van der Waals surface area contributed by atoms with Gasteiger partial charge in [0.15, 0.2) is 15.4 Å². The predicted molar refractivity (Wildman–Crippen MR) is 113 cm³/mol. The van der Waals surface area contributed by atoms with Gasteiger partial charge in [-0.05, 0) is 48.0 Å². The molecule has 0 atom stereocenters. The van der Waals surface area contributed by atoms with Crippen molar-refractivity contribution in [3.63, 3.8) is 0 Å². The van der Waals surface area contributed by atoms with Crippen LogP contribution < -0.4 is 5.32 Å². The second-order valence-electron chi connectivity index (χ2n) is 8.82. The van der Waals surface area contributed by atoms with Crippen molar-refractivity contribution in [3.05, 3.63) is 22.5 Å². The quantitative estimate of drug-likeness (QED) is 0.721. The fourth-order valence-electron chi connectivity index (χ4n) is 5.22. The van der Waals surface area contributed by atoms with Crippen LogP contribution in [-0.4, -0.2) is 55.0 Å². The van der Waals surface area contributed by atoms with Crippen LogP contribution in [0.2, 0.25) is 0 Å². The molecule has 2 aliphatic heterocycles. The predicted octanol–water partition coefficient (Wildman–Crippen LogP) is 3.31. The number of nitrogens with zero attached hydrogens (tertiary/aromatic N) is 3. The molecule has 0 bridgehead atoms. The van der Waals surface area contributed by atoms with Crippen LogP contribution in [0.15, 0.2) is 21.2 Å². The van der Waals surface area contributed by atoms with Gasteiger partial charge in [0.2, 0.25) is 5.76 Å². The Labute approximate surface area is 178 Å². The lowest BCUT2D eigenvalue weighted by Crippen LogP contribution is -2.61. The maximum atomic E-state index is 11.8. The molecule has 1 N–H and O–H groups in total. The molecule has 7 nitrogen and oxygen atoms in total. The number of nitriles is 1. The van der Waals surface area contributed by atoms with Gasteiger partial charge in [0, 0.05) is 42.0 Å². The number of pyridine rings is 1. The van der Waals surface area contributed by atoms with Crippen molar-refractivity contribution in [2.24, 2.45) is 5.41 Å². The number of nitrogens with one attached hydrogen (secondary N) is 1. The van der Waals surface area contributed by atoms with Crippen molar-refractivity contribution < 1.29 is 12.8 Å². The summed E-state index contributed by atoms with van der Waals surface area (Å²) in [6, 6.07) is 4.67. The topological polar surface area (TPSA) is 99.2 Å². The van der Waals surface area contributed by atoms with E-state index in [-0.39, 0.29) is 11.2 Å². The van der Waals surface area contributed by atoms with E-state index in [9.17, 15) is 8.42 Å². The number of likely N-dealkylation sites (tertiary alicyclic amines) is 1. The molecule has 3 aliphatic rings. The van der Waals surface area contributed by atoms with E-state index in [1.165, 1.54) is 0 Å². The molecule has 0 unspecified atom stereocenters. The number of aromatic nitrogens is 1. The van der Waals surface area contributed by atoms with E-state index in [4.69, 9.17) is 9.68 Å². The third-order valence-electron chi connectivity index (χ3n) is 6.73. The van der Waals surface area contributed by atoms with Crippen molar-refractivity contribution in [2.75, 3.05) is 29.9 Å². The summed E-state index contributed by atoms with van der Waals surface area (Å²) < 4.78 is 29.9. The zero-order chi connectivity index (χ0) is 20.2. The summed E-state index contributed by atoms with van der Waals surface area (Å²) in [4.78, 5) is 6.96. The minimum atomic E-state index is -2.80. The number of rotatable bonds is 3. The third kappa shape index (κ3) is 3.56. The fourth-order valence-corrected chi connectivity index (χ4v) is 7.90. The summed E-state index contributed by atoms with van der Waals surface area (Å²) in [7, 11) is -2.80. The second kappa shape index (κ2) is 6.96. The summed E-state index contributed by atoms with van der Waals surface area (Å²) in [5.41, 5.74) is 0.647. The molecule has 154 valence electrons. The van der Waals surface area contributed by atoms with Crippen LogP contribution in [0.5, 0.6) is 0 Å². The van der Waals surface area contributed by atoms with Crippen LogP contribution in [0, 0.1) is 16.7 Å². The molecule has 2 aromatic heterocycles. The lowest BCUT2D eigenvalue weighted by Gasteiger charge is -2.52. The highest BCUT2D eigenvalue weighted by atomic mass is 79.9. The summed E-state index contributed by atoms with van der Waals surface area (Å²) >= 11 is 3.60. The first-order valence-corrected chi connectivity index (χ1v) is 12.7. The van der Waals surface area contributed by atoms with E-state index in [0.29, 0.717) is 29.2 Å². The average Bonchev–Trinajstić information content (AvgIpc) is 3.24. The summed E-state index contributed by atoms with van der Waals surface area (Å²) in [5, 5.41) is 13.4.